The highest BCUT2D eigenvalue weighted by atomic mass is 32.2. The predicted octanol–water partition coefficient (Wildman–Crippen LogP) is 3.28. The van der Waals surface area contributed by atoms with Gasteiger partial charge in [0.25, 0.3) is 0 Å². The maximum atomic E-state index is 11.8. The first kappa shape index (κ1) is 18.3. The number of hydrogen-bond donors (Lipinski definition) is 3. The molecule has 0 aromatic heterocycles. The molecule has 0 bridgehead atoms. The van der Waals surface area contributed by atoms with Crippen molar-refractivity contribution < 1.29 is 8.42 Å². The van der Waals surface area contributed by atoms with E-state index < -0.39 is 14.8 Å². The van der Waals surface area contributed by atoms with Crippen molar-refractivity contribution in [2.24, 2.45) is 0 Å². The Morgan fingerprint density at radius 1 is 1.10 bits per heavy atom. The van der Waals surface area contributed by atoms with Gasteiger partial charge >= 0.3 is 0 Å². The number of anilines is 1. The number of sulfonamides is 1. The van der Waals surface area contributed by atoms with E-state index in [1.54, 1.807) is 20.8 Å². The fraction of sp³-hybridized carbons (Fsp3) is 0.600. The van der Waals surface area contributed by atoms with Gasteiger partial charge in [0, 0.05) is 23.7 Å². The lowest BCUT2D eigenvalue weighted by atomic mass is 10.2. The van der Waals surface area contributed by atoms with E-state index in [0.717, 1.165) is 36.4 Å². The van der Waals surface area contributed by atoms with Crippen LogP contribution in [0.3, 0.4) is 0 Å². The van der Waals surface area contributed by atoms with Crippen molar-refractivity contribution in [3.63, 3.8) is 0 Å². The summed E-state index contributed by atoms with van der Waals surface area (Å²) < 4.78 is 25.6. The van der Waals surface area contributed by atoms with E-state index in [9.17, 15) is 8.42 Å². The molecule has 0 amide bonds. The molecule has 1 aromatic carbocycles. The summed E-state index contributed by atoms with van der Waals surface area (Å²) in [4.78, 5) is 0.941. The molecule has 0 saturated heterocycles. The van der Waals surface area contributed by atoms with Crippen molar-refractivity contribution in [1.29, 1.82) is 0 Å². The van der Waals surface area contributed by atoms with E-state index in [-0.39, 0.29) is 0 Å². The maximum Gasteiger partial charge on any atom is 0.216 e. The molecule has 0 spiro atoms. The number of thiol groups is 1. The molecule has 4 nitrogen and oxygen atoms in total. The lowest BCUT2D eigenvalue weighted by Crippen LogP contribution is -2.39. The van der Waals surface area contributed by atoms with Gasteiger partial charge in [-0.25, -0.2) is 13.1 Å². The van der Waals surface area contributed by atoms with Crippen molar-refractivity contribution >= 4 is 28.3 Å². The number of nitrogens with one attached hydrogen (secondary N) is 2. The number of hydrogen-bond acceptors (Lipinski definition) is 4. The Kier molecular flexibility index (Phi) is 7.03. The van der Waals surface area contributed by atoms with Crippen molar-refractivity contribution in [3.05, 3.63) is 24.3 Å². The van der Waals surface area contributed by atoms with Gasteiger partial charge in [-0.3, -0.25) is 0 Å². The zero-order chi connectivity index (χ0) is 15.9. The Morgan fingerprint density at radius 3 is 2.38 bits per heavy atom. The average Bonchev–Trinajstić information content (AvgIpc) is 2.36. The number of benzene rings is 1. The molecule has 0 aliphatic heterocycles. The van der Waals surface area contributed by atoms with Crippen molar-refractivity contribution in [3.8, 4) is 0 Å². The molecule has 0 fully saturated rings. The molecule has 120 valence electrons. The first-order chi connectivity index (χ1) is 9.72. The summed E-state index contributed by atoms with van der Waals surface area (Å²) in [7, 11) is -3.21. The van der Waals surface area contributed by atoms with Crippen molar-refractivity contribution in [2.45, 2.75) is 49.7 Å². The van der Waals surface area contributed by atoms with Crippen LogP contribution in [0.1, 0.15) is 40.0 Å². The molecule has 2 N–H and O–H groups in total. The monoisotopic (exact) mass is 330 g/mol. The van der Waals surface area contributed by atoms with Crippen LogP contribution in [-0.4, -0.2) is 26.3 Å². The molecular formula is C15H26N2O2S2. The Bertz CT molecular complexity index is 537. The summed E-state index contributed by atoms with van der Waals surface area (Å²) in [6.07, 6.45) is 2.85. The highest BCUT2D eigenvalue weighted by Gasteiger charge is 2.27. The van der Waals surface area contributed by atoms with Gasteiger partial charge < -0.3 is 5.32 Å². The van der Waals surface area contributed by atoms with E-state index in [4.69, 9.17) is 0 Å². The average molecular weight is 331 g/mol. The Morgan fingerprint density at radius 2 is 1.76 bits per heavy atom. The SMILES string of the molecule is CC(C)(C)S(=O)(=O)NCCCCCNc1cccc(S)c1. The van der Waals surface area contributed by atoms with Gasteiger partial charge in [0.2, 0.25) is 10.0 Å². The zero-order valence-corrected chi connectivity index (χ0v) is 14.7. The second-order valence-electron chi connectivity index (χ2n) is 6.05. The molecule has 21 heavy (non-hydrogen) atoms. The van der Waals surface area contributed by atoms with Crippen LogP contribution in [0.4, 0.5) is 5.69 Å². The molecular weight excluding hydrogens is 304 g/mol. The minimum atomic E-state index is -3.21. The molecule has 0 saturated carbocycles. The van der Waals surface area contributed by atoms with Gasteiger partial charge in [0.1, 0.15) is 0 Å². The highest BCUT2D eigenvalue weighted by Crippen LogP contribution is 2.14. The third kappa shape index (κ3) is 6.72. The van der Waals surface area contributed by atoms with Gasteiger partial charge in [-0.15, -0.1) is 12.6 Å². The second-order valence-corrected chi connectivity index (χ2v) is 9.08. The molecule has 0 aliphatic carbocycles. The number of unbranched alkanes of at least 4 members (excludes halogenated alkanes) is 2. The smallest absolute Gasteiger partial charge is 0.216 e. The van der Waals surface area contributed by atoms with Crippen LogP contribution < -0.4 is 10.0 Å². The van der Waals surface area contributed by atoms with Crippen molar-refractivity contribution in [1.82, 2.24) is 4.72 Å². The van der Waals surface area contributed by atoms with E-state index in [1.807, 2.05) is 24.3 Å². The summed E-state index contributed by atoms with van der Waals surface area (Å²) in [5.74, 6) is 0. The topological polar surface area (TPSA) is 58.2 Å². The van der Waals surface area contributed by atoms with Crippen molar-refractivity contribution in [2.75, 3.05) is 18.4 Å². The van der Waals surface area contributed by atoms with E-state index in [1.165, 1.54) is 0 Å². The summed E-state index contributed by atoms with van der Waals surface area (Å²) in [5.41, 5.74) is 1.07. The van der Waals surface area contributed by atoms with E-state index in [0.29, 0.717) is 6.54 Å². The van der Waals surface area contributed by atoms with Gasteiger partial charge in [0.15, 0.2) is 0 Å². The van der Waals surface area contributed by atoms with Gasteiger partial charge in [-0.1, -0.05) is 12.5 Å². The molecule has 0 aliphatic rings. The third-order valence-electron chi connectivity index (χ3n) is 3.13. The standard InChI is InChI=1S/C15H26N2O2S2/c1-15(2,3)21(18,19)17-11-6-4-5-10-16-13-8-7-9-14(20)12-13/h7-9,12,16-17,20H,4-6,10-11H2,1-3H3. The van der Waals surface area contributed by atoms with Crippen LogP contribution in [0.2, 0.25) is 0 Å². The van der Waals surface area contributed by atoms with Gasteiger partial charge in [-0.05, 0) is 51.8 Å². The summed E-state index contributed by atoms with van der Waals surface area (Å²) in [5, 5.41) is 3.33. The summed E-state index contributed by atoms with van der Waals surface area (Å²) in [6, 6.07) is 7.90. The normalized spacial score (nSPS) is 12.4. The quantitative estimate of drug-likeness (QED) is 0.506. The van der Waals surface area contributed by atoms with Crippen LogP contribution in [0.15, 0.2) is 29.2 Å². The minimum Gasteiger partial charge on any atom is -0.385 e. The van der Waals surface area contributed by atoms with Crippen LogP contribution in [0.25, 0.3) is 0 Å². The largest absolute Gasteiger partial charge is 0.385 e. The maximum absolute atomic E-state index is 11.8. The van der Waals surface area contributed by atoms with Gasteiger partial charge in [0.05, 0.1) is 4.75 Å². The lowest BCUT2D eigenvalue weighted by molar-refractivity contribution is 0.540. The van der Waals surface area contributed by atoms with Crippen LogP contribution in [-0.2, 0) is 10.0 Å². The minimum absolute atomic E-state index is 0.506. The molecule has 0 unspecified atom stereocenters. The molecule has 1 rings (SSSR count). The zero-order valence-electron chi connectivity index (χ0n) is 13.0. The predicted molar refractivity (Wildman–Crippen MR) is 92.7 cm³/mol. The Balaban J connectivity index is 2.13. The highest BCUT2D eigenvalue weighted by molar-refractivity contribution is 7.90. The van der Waals surface area contributed by atoms with E-state index in [2.05, 4.69) is 22.7 Å². The fourth-order valence-corrected chi connectivity index (χ4v) is 2.77. The first-order valence-corrected chi connectivity index (χ1v) is 9.17. The number of rotatable bonds is 8. The summed E-state index contributed by atoms with van der Waals surface area (Å²) >= 11 is 4.29. The van der Waals surface area contributed by atoms with E-state index >= 15 is 0 Å². The van der Waals surface area contributed by atoms with Crippen LogP contribution >= 0.6 is 12.6 Å². The lowest BCUT2D eigenvalue weighted by Gasteiger charge is -2.19. The molecule has 0 radical (unpaired) electrons. The van der Waals surface area contributed by atoms with Crippen LogP contribution in [0.5, 0.6) is 0 Å². The third-order valence-corrected chi connectivity index (χ3v) is 5.60. The molecule has 0 atom stereocenters. The fourth-order valence-electron chi connectivity index (χ4n) is 1.70. The molecule has 6 heteroatoms. The first-order valence-electron chi connectivity index (χ1n) is 7.24. The Hall–Kier alpha value is -0.720. The molecule has 0 heterocycles. The molecule has 1 aromatic rings. The summed E-state index contributed by atoms with van der Waals surface area (Å²) in [6.45, 7) is 6.49. The van der Waals surface area contributed by atoms with Gasteiger partial charge in [-0.2, -0.15) is 0 Å². The second kappa shape index (κ2) is 8.06. The van der Waals surface area contributed by atoms with Crippen LogP contribution in [0, 0.1) is 0 Å². The Labute approximate surface area is 134 Å².